The molecule has 1 fully saturated rings. The third-order valence-corrected chi connectivity index (χ3v) is 6.91. The molecule has 0 radical (unpaired) electrons. The SMILES string of the molecule is Nc1nc2ccc(C(=O)N3CCC[C@@H]4Cc5cc(C(F)(F)F)ccc5[C@@H]43)cc2n2cncc12. The van der Waals surface area contributed by atoms with Crippen LogP contribution in [0.4, 0.5) is 19.0 Å². The summed E-state index contributed by atoms with van der Waals surface area (Å²) in [5, 5.41) is 0. The Bertz CT molecular complexity index is 1430. The van der Waals surface area contributed by atoms with E-state index in [4.69, 9.17) is 5.73 Å². The molecule has 2 aromatic carbocycles. The number of rotatable bonds is 1. The molecule has 0 spiro atoms. The van der Waals surface area contributed by atoms with Gasteiger partial charge in [0, 0.05) is 12.1 Å². The molecule has 2 atom stereocenters. The van der Waals surface area contributed by atoms with E-state index in [2.05, 4.69) is 9.97 Å². The second-order valence-electron chi connectivity index (χ2n) is 8.81. The molecule has 0 bridgehead atoms. The van der Waals surface area contributed by atoms with Gasteiger partial charge in [-0.1, -0.05) is 6.07 Å². The van der Waals surface area contributed by atoms with E-state index in [1.807, 2.05) is 4.90 Å². The lowest BCUT2D eigenvalue weighted by molar-refractivity contribution is -0.137. The zero-order valence-electron chi connectivity index (χ0n) is 17.5. The first kappa shape index (κ1) is 20.0. The maximum Gasteiger partial charge on any atom is 0.416 e. The first-order valence-electron chi connectivity index (χ1n) is 10.8. The summed E-state index contributed by atoms with van der Waals surface area (Å²) in [7, 11) is 0. The highest BCUT2D eigenvalue weighted by Crippen LogP contribution is 2.47. The summed E-state index contributed by atoms with van der Waals surface area (Å²) in [6, 6.07) is 8.99. The number of hydrogen-bond acceptors (Lipinski definition) is 4. The molecule has 2 N–H and O–H groups in total. The van der Waals surface area contributed by atoms with Gasteiger partial charge in [0.05, 0.1) is 35.2 Å². The summed E-state index contributed by atoms with van der Waals surface area (Å²) in [6.45, 7) is 0.568. The van der Waals surface area contributed by atoms with E-state index in [9.17, 15) is 18.0 Å². The molecule has 4 aromatic rings. The van der Waals surface area contributed by atoms with Crippen molar-refractivity contribution < 1.29 is 18.0 Å². The van der Waals surface area contributed by atoms with E-state index < -0.39 is 11.7 Å². The molecule has 3 heterocycles. The van der Waals surface area contributed by atoms with Crippen LogP contribution in [0.1, 0.15) is 45.9 Å². The lowest BCUT2D eigenvalue weighted by Crippen LogP contribution is -2.41. The summed E-state index contributed by atoms with van der Waals surface area (Å²) < 4.78 is 41.4. The number of alkyl halides is 3. The number of carbonyl (C=O) groups is 1. The predicted molar refractivity (Wildman–Crippen MR) is 117 cm³/mol. The number of fused-ring (bicyclic) bond motifs is 6. The Morgan fingerprint density at radius 1 is 1.12 bits per heavy atom. The number of benzene rings is 2. The minimum Gasteiger partial charge on any atom is -0.382 e. The molecule has 1 amide bonds. The first-order valence-corrected chi connectivity index (χ1v) is 10.8. The van der Waals surface area contributed by atoms with Crippen LogP contribution in [0.2, 0.25) is 0 Å². The highest BCUT2D eigenvalue weighted by molar-refractivity contribution is 5.98. The van der Waals surface area contributed by atoms with Crippen molar-refractivity contribution in [2.75, 3.05) is 12.3 Å². The molecular weight excluding hydrogens is 431 g/mol. The van der Waals surface area contributed by atoms with E-state index in [1.54, 1.807) is 41.2 Å². The van der Waals surface area contributed by atoms with Crippen molar-refractivity contribution >= 4 is 28.3 Å². The van der Waals surface area contributed by atoms with Gasteiger partial charge in [0.25, 0.3) is 5.91 Å². The highest BCUT2D eigenvalue weighted by atomic mass is 19.4. The quantitative estimate of drug-likeness (QED) is 0.458. The normalized spacial score (nSPS) is 20.3. The lowest BCUT2D eigenvalue weighted by Gasteiger charge is -2.38. The molecule has 1 aliphatic heterocycles. The molecule has 1 aliphatic carbocycles. The van der Waals surface area contributed by atoms with Gasteiger partial charge in [-0.3, -0.25) is 9.20 Å². The molecule has 2 aromatic heterocycles. The van der Waals surface area contributed by atoms with Gasteiger partial charge in [-0.2, -0.15) is 13.2 Å². The molecule has 6 rings (SSSR count). The summed E-state index contributed by atoms with van der Waals surface area (Å²) >= 11 is 0. The average Bonchev–Trinajstić information content (AvgIpc) is 3.43. The fourth-order valence-electron chi connectivity index (χ4n) is 5.44. The standard InChI is InChI=1S/C24H20F3N5O/c25-24(26,27)16-4-5-17-15(9-16)8-13-2-1-7-31(21(13)17)23(33)14-3-6-18-19(10-14)32-12-29-11-20(32)22(28)30-18/h3-6,9-13,21H,1-2,7-8H2,(H2,28,30)/t13-,21-/m1/s1. The molecule has 0 saturated carbocycles. The summed E-state index contributed by atoms with van der Waals surface area (Å²) in [5.74, 6) is 0.353. The number of imidazole rings is 1. The number of likely N-dealkylation sites (tertiary alicyclic amines) is 1. The van der Waals surface area contributed by atoms with Crippen LogP contribution >= 0.6 is 0 Å². The van der Waals surface area contributed by atoms with Gasteiger partial charge < -0.3 is 10.6 Å². The number of aromatic nitrogens is 3. The van der Waals surface area contributed by atoms with Crippen molar-refractivity contribution in [3.63, 3.8) is 0 Å². The second-order valence-corrected chi connectivity index (χ2v) is 8.81. The van der Waals surface area contributed by atoms with Crippen LogP contribution in [0.3, 0.4) is 0 Å². The third kappa shape index (κ3) is 3.06. The zero-order chi connectivity index (χ0) is 22.9. The van der Waals surface area contributed by atoms with Crippen molar-refractivity contribution in [3.05, 3.63) is 71.2 Å². The van der Waals surface area contributed by atoms with Gasteiger partial charge in [0.1, 0.15) is 11.3 Å². The van der Waals surface area contributed by atoms with Crippen LogP contribution in [0.25, 0.3) is 16.6 Å². The maximum absolute atomic E-state index is 13.6. The number of nitrogens with zero attached hydrogens (tertiary/aromatic N) is 4. The van der Waals surface area contributed by atoms with Gasteiger partial charge >= 0.3 is 6.18 Å². The Labute approximate surface area is 186 Å². The Balaban J connectivity index is 1.40. The Hall–Kier alpha value is -3.62. The molecule has 1 saturated heterocycles. The minimum atomic E-state index is -4.38. The monoisotopic (exact) mass is 451 g/mol. The molecule has 33 heavy (non-hydrogen) atoms. The number of hydrogen-bond donors (Lipinski definition) is 1. The van der Waals surface area contributed by atoms with Gasteiger partial charge in [0.2, 0.25) is 0 Å². The summed E-state index contributed by atoms with van der Waals surface area (Å²) in [4.78, 5) is 24.0. The van der Waals surface area contributed by atoms with Crippen LogP contribution in [0.5, 0.6) is 0 Å². The van der Waals surface area contributed by atoms with E-state index in [0.717, 1.165) is 30.0 Å². The van der Waals surface area contributed by atoms with Gasteiger partial charge in [-0.25, -0.2) is 9.97 Å². The van der Waals surface area contributed by atoms with Crippen molar-refractivity contribution in [1.82, 2.24) is 19.3 Å². The lowest BCUT2D eigenvalue weighted by atomic mass is 9.89. The second kappa shape index (κ2) is 6.94. The smallest absolute Gasteiger partial charge is 0.382 e. The average molecular weight is 451 g/mol. The molecule has 6 nitrogen and oxygen atoms in total. The fraction of sp³-hybridized carbons (Fsp3) is 0.292. The first-order chi connectivity index (χ1) is 15.8. The number of anilines is 1. The van der Waals surface area contributed by atoms with Crippen LogP contribution < -0.4 is 5.73 Å². The van der Waals surface area contributed by atoms with Crippen LogP contribution in [-0.2, 0) is 12.6 Å². The van der Waals surface area contributed by atoms with Crippen molar-refractivity contribution in [1.29, 1.82) is 0 Å². The Kier molecular flexibility index (Phi) is 4.21. The number of carbonyl (C=O) groups excluding carboxylic acids is 1. The van der Waals surface area contributed by atoms with E-state index in [0.29, 0.717) is 40.9 Å². The fourth-order valence-corrected chi connectivity index (χ4v) is 5.44. The molecule has 9 heteroatoms. The number of nitrogens with two attached hydrogens (primary N) is 1. The largest absolute Gasteiger partial charge is 0.416 e. The van der Waals surface area contributed by atoms with Gasteiger partial charge in [0.15, 0.2) is 0 Å². The molecule has 2 aliphatic rings. The molecule has 0 unspecified atom stereocenters. The van der Waals surface area contributed by atoms with Crippen LogP contribution in [0, 0.1) is 5.92 Å². The Morgan fingerprint density at radius 2 is 1.97 bits per heavy atom. The van der Waals surface area contributed by atoms with Crippen LogP contribution in [0.15, 0.2) is 48.9 Å². The van der Waals surface area contributed by atoms with E-state index in [1.165, 1.54) is 6.07 Å². The summed E-state index contributed by atoms with van der Waals surface area (Å²) in [5.41, 5.74) is 9.43. The van der Waals surface area contributed by atoms with Crippen molar-refractivity contribution in [2.45, 2.75) is 31.5 Å². The predicted octanol–water partition coefficient (Wildman–Crippen LogP) is 4.63. The van der Waals surface area contributed by atoms with E-state index in [-0.39, 0.29) is 17.9 Å². The Morgan fingerprint density at radius 3 is 2.79 bits per heavy atom. The molecule has 168 valence electrons. The number of piperidine rings is 1. The van der Waals surface area contributed by atoms with Gasteiger partial charge in [-0.15, -0.1) is 0 Å². The zero-order valence-corrected chi connectivity index (χ0v) is 17.5. The minimum absolute atomic E-state index is 0.128. The maximum atomic E-state index is 13.6. The topological polar surface area (TPSA) is 76.5 Å². The highest BCUT2D eigenvalue weighted by Gasteiger charge is 2.42. The van der Waals surface area contributed by atoms with E-state index >= 15 is 0 Å². The number of amides is 1. The van der Waals surface area contributed by atoms with Gasteiger partial charge in [-0.05, 0) is 66.6 Å². The van der Waals surface area contributed by atoms with Crippen LogP contribution in [-0.4, -0.2) is 31.7 Å². The van der Waals surface area contributed by atoms with Crippen molar-refractivity contribution in [3.8, 4) is 0 Å². The number of nitrogen functional groups attached to an aromatic ring is 1. The third-order valence-electron chi connectivity index (χ3n) is 6.91. The molecular formula is C24H20F3N5O. The summed E-state index contributed by atoms with van der Waals surface area (Å²) in [6.07, 6.45) is 1.15. The van der Waals surface area contributed by atoms with Crippen molar-refractivity contribution in [2.24, 2.45) is 5.92 Å². The number of halogens is 3.